The van der Waals surface area contributed by atoms with E-state index in [1.165, 1.54) is 24.3 Å². The molecule has 4 aromatic rings. The number of rotatable bonds is 4. The maximum atomic E-state index is 13.4. The second-order valence-corrected chi connectivity index (χ2v) is 6.27. The fraction of sp³-hybridized carbons (Fsp3) is 0.0952. The van der Waals surface area contributed by atoms with Gasteiger partial charge >= 0.3 is 0 Å². The Bertz CT molecular complexity index is 1100. The van der Waals surface area contributed by atoms with Gasteiger partial charge in [-0.3, -0.25) is 4.79 Å². The molecule has 0 unspecified atom stereocenters. The van der Waals surface area contributed by atoms with Gasteiger partial charge in [0.1, 0.15) is 11.6 Å². The lowest BCUT2D eigenvalue weighted by molar-refractivity contribution is -0.120. The Morgan fingerprint density at radius 3 is 2.19 bits per heavy atom. The number of nitrogens with one attached hydrogen (secondary N) is 2. The van der Waals surface area contributed by atoms with Crippen LogP contribution in [0, 0.1) is 11.6 Å². The van der Waals surface area contributed by atoms with Gasteiger partial charge in [0.15, 0.2) is 0 Å². The molecule has 26 heavy (non-hydrogen) atoms. The second-order valence-electron chi connectivity index (χ2n) is 6.27. The summed E-state index contributed by atoms with van der Waals surface area (Å²) < 4.78 is 26.3. The molecule has 0 spiro atoms. The summed E-state index contributed by atoms with van der Waals surface area (Å²) in [5.74, 6) is -0.702. The molecule has 3 nitrogen and oxygen atoms in total. The molecule has 0 saturated carbocycles. The van der Waals surface area contributed by atoms with E-state index in [1.54, 1.807) is 18.2 Å². The van der Waals surface area contributed by atoms with Gasteiger partial charge in [0.2, 0.25) is 5.91 Å². The lowest BCUT2D eigenvalue weighted by atomic mass is 10.1. The standard InChI is InChI=1S/C21H16F2N2O/c22-15-4-1-13(2-5-15)12-24-21(26)10-14-3-7-17-18-8-6-16(23)11-20(18)25-19(17)9-14/h1-9,11,25H,10,12H2,(H,24,26). The molecule has 0 aliphatic carbocycles. The number of halogens is 2. The Morgan fingerprint density at radius 1 is 0.808 bits per heavy atom. The topological polar surface area (TPSA) is 44.9 Å². The number of benzene rings is 3. The summed E-state index contributed by atoms with van der Waals surface area (Å²) in [5.41, 5.74) is 3.31. The Labute approximate surface area is 148 Å². The summed E-state index contributed by atoms with van der Waals surface area (Å²) in [6.45, 7) is 0.354. The van der Waals surface area contributed by atoms with Gasteiger partial charge in [-0.1, -0.05) is 24.3 Å². The lowest BCUT2D eigenvalue weighted by Gasteiger charge is -2.06. The van der Waals surface area contributed by atoms with Crippen molar-refractivity contribution in [2.75, 3.05) is 0 Å². The number of carbonyl (C=O) groups is 1. The Morgan fingerprint density at radius 2 is 1.42 bits per heavy atom. The zero-order valence-electron chi connectivity index (χ0n) is 13.9. The van der Waals surface area contributed by atoms with Crippen molar-refractivity contribution in [3.05, 3.63) is 83.4 Å². The average Bonchev–Trinajstić information content (AvgIpc) is 2.97. The molecule has 5 heteroatoms. The minimum absolute atomic E-state index is 0.115. The SMILES string of the molecule is O=C(Cc1ccc2c(c1)[nH]c1cc(F)ccc12)NCc1ccc(F)cc1. The van der Waals surface area contributed by atoms with Gasteiger partial charge in [-0.2, -0.15) is 0 Å². The van der Waals surface area contributed by atoms with Crippen LogP contribution in [0.2, 0.25) is 0 Å². The molecule has 1 heterocycles. The fourth-order valence-electron chi connectivity index (χ4n) is 3.09. The number of hydrogen-bond donors (Lipinski definition) is 2. The molecule has 3 aromatic carbocycles. The van der Waals surface area contributed by atoms with E-state index >= 15 is 0 Å². The van der Waals surface area contributed by atoms with Crippen molar-refractivity contribution in [1.29, 1.82) is 0 Å². The van der Waals surface area contributed by atoms with Crippen molar-refractivity contribution in [1.82, 2.24) is 10.3 Å². The van der Waals surface area contributed by atoms with Gasteiger partial charge in [-0.15, -0.1) is 0 Å². The van der Waals surface area contributed by atoms with E-state index in [9.17, 15) is 13.6 Å². The number of aromatic amines is 1. The molecule has 130 valence electrons. The summed E-state index contributed by atoms with van der Waals surface area (Å²) in [7, 11) is 0. The van der Waals surface area contributed by atoms with Gasteiger partial charge in [-0.05, 0) is 47.5 Å². The van der Waals surface area contributed by atoms with Crippen molar-refractivity contribution in [3.63, 3.8) is 0 Å². The maximum Gasteiger partial charge on any atom is 0.224 e. The molecule has 0 aliphatic heterocycles. The normalized spacial score (nSPS) is 11.2. The van der Waals surface area contributed by atoms with E-state index in [4.69, 9.17) is 0 Å². The first-order valence-electron chi connectivity index (χ1n) is 8.29. The van der Waals surface area contributed by atoms with Crippen LogP contribution in [-0.4, -0.2) is 10.9 Å². The van der Waals surface area contributed by atoms with Gasteiger partial charge in [0.25, 0.3) is 0 Å². The first-order valence-corrected chi connectivity index (χ1v) is 8.29. The number of carbonyl (C=O) groups excluding carboxylic acids is 1. The summed E-state index contributed by atoms with van der Waals surface area (Å²) in [4.78, 5) is 15.3. The molecule has 1 aromatic heterocycles. The second kappa shape index (κ2) is 6.59. The summed E-state index contributed by atoms with van der Waals surface area (Å²) in [5, 5.41) is 4.78. The molecule has 2 N–H and O–H groups in total. The highest BCUT2D eigenvalue weighted by molar-refractivity contribution is 6.07. The Hall–Kier alpha value is -3.21. The minimum atomic E-state index is -0.299. The van der Waals surface area contributed by atoms with Crippen LogP contribution in [0.1, 0.15) is 11.1 Å². The highest BCUT2D eigenvalue weighted by Gasteiger charge is 2.08. The van der Waals surface area contributed by atoms with Crippen LogP contribution >= 0.6 is 0 Å². The van der Waals surface area contributed by atoms with Crippen LogP contribution in [0.15, 0.2) is 60.7 Å². The number of amides is 1. The number of H-pyrrole nitrogens is 1. The quantitative estimate of drug-likeness (QED) is 0.561. The van der Waals surface area contributed by atoms with Crippen molar-refractivity contribution in [2.45, 2.75) is 13.0 Å². The molecule has 0 atom stereocenters. The fourth-order valence-corrected chi connectivity index (χ4v) is 3.09. The van der Waals surface area contributed by atoms with Crippen LogP contribution in [0.4, 0.5) is 8.78 Å². The zero-order chi connectivity index (χ0) is 18.1. The molecular formula is C21H16F2N2O. The Balaban J connectivity index is 1.48. The third-order valence-electron chi connectivity index (χ3n) is 4.39. The predicted octanol–water partition coefficient (Wildman–Crippen LogP) is 4.46. The van der Waals surface area contributed by atoms with Crippen LogP contribution in [0.25, 0.3) is 21.8 Å². The van der Waals surface area contributed by atoms with E-state index in [-0.39, 0.29) is 24.0 Å². The van der Waals surface area contributed by atoms with Gasteiger partial charge in [0.05, 0.1) is 6.42 Å². The number of fused-ring (bicyclic) bond motifs is 3. The summed E-state index contributed by atoms with van der Waals surface area (Å²) in [6, 6.07) is 16.4. The maximum absolute atomic E-state index is 13.4. The van der Waals surface area contributed by atoms with E-state index in [2.05, 4.69) is 10.3 Å². The average molecular weight is 350 g/mol. The molecule has 0 aliphatic rings. The lowest BCUT2D eigenvalue weighted by Crippen LogP contribution is -2.24. The Kier molecular flexibility index (Phi) is 4.13. The first-order chi connectivity index (χ1) is 12.6. The molecule has 0 fully saturated rings. The third kappa shape index (κ3) is 3.28. The van der Waals surface area contributed by atoms with Crippen LogP contribution in [0.3, 0.4) is 0 Å². The van der Waals surface area contributed by atoms with E-state index in [0.717, 1.165) is 32.9 Å². The van der Waals surface area contributed by atoms with Crippen molar-refractivity contribution in [3.8, 4) is 0 Å². The van der Waals surface area contributed by atoms with Crippen molar-refractivity contribution < 1.29 is 13.6 Å². The largest absolute Gasteiger partial charge is 0.354 e. The number of hydrogen-bond acceptors (Lipinski definition) is 1. The van der Waals surface area contributed by atoms with Crippen LogP contribution in [-0.2, 0) is 17.8 Å². The van der Waals surface area contributed by atoms with Crippen molar-refractivity contribution >= 4 is 27.7 Å². The predicted molar refractivity (Wildman–Crippen MR) is 97.7 cm³/mol. The highest BCUT2D eigenvalue weighted by Crippen LogP contribution is 2.26. The smallest absolute Gasteiger partial charge is 0.224 e. The zero-order valence-corrected chi connectivity index (χ0v) is 13.9. The molecule has 1 amide bonds. The molecule has 0 bridgehead atoms. The van der Waals surface area contributed by atoms with E-state index < -0.39 is 0 Å². The monoisotopic (exact) mass is 350 g/mol. The van der Waals surface area contributed by atoms with Gasteiger partial charge < -0.3 is 10.3 Å². The van der Waals surface area contributed by atoms with E-state index in [1.807, 2.05) is 18.2 Å². The van der Waals surface area contributed by atoms with Gasteiger partial charge in [-0.25, -0.2) is 8.78 Å². The first kappa shape index (κ1) is 16.3. The number of aromatic nitrogens is 1. The highest BCUT2D eigenvalue weighted by atomic mass is 19.1. The molecule has 0 saturated heterocycles. The summed E-state index contributed by atoms with van der Waals surface area (Å²) in [6.07, 6.45) is 0.237. The van der Waals surface area contributed by atoms with Gasteiger partial charge in [0, 0.05) is 28.4 Å². The van der Waals surface area contributed by atoms with Crippen LogP contribution in [0.5, 0.6) is 0 Å². The molecule has 0 radical (unpaired) electrons. The summed E-state index contributed by atoms with van der Waals surface area (Å²) >= 11 is 0. The third-order valence-corrected chi connectivity index (χ3v) is 4.39. The molecule has 4 rings (SSSR count). The van der Waals surface area contributed by atoms with Crippen molar-refractivity contribution in [2.24, 2.45) is 0 Å². The van der Waals surface area contributed by atoms with Crippen LogP contribution < -0.4 is 5.32 Å². The van der Waals surface area contributed by atoms with E-state index in [0.29, 0.717) is 6.54 Å². The minimum Gasteiger partial charge on any atom is -0.354 e. The molecular weight excluding hydrogens is 334 g/mol.